The third kappa shape index (κ3) is 5.54. The van der Waals surface area contributed by atoms with Gasteiger partial charge in [-0.15, -0.1) is 0 Å². The second-order valence-electron chi connectivity index (χ2n) is 11.9. The summed E-state index contributed by atoms with van der Waals surface area (Å²) in [6.45, 7) is 6.49. The van der Waals surface area contributed by atoms with Gasteiger partial charge in [0.1, 0.15) is 5.82 Å². The summed E-state index contributed by atoms with van der Waals surface area (Å²) in [4.78, 5) is 14.9. The molecule has 0 radical (unpaired) electrons. The molecule has 9 heteroatoms. The molecule has 0 bridgehead atoms. The highest BCUT2D eigenvalue weighted by Gasteiger charge is 2.25. The largest absolute Gasteiger partial charge is 0.353 e. The Morgan fingerprint density at radius 2 is 1.69 bits per heavy atom. The maximum absolute atomic E-state index is 5.17. The normalized spacial score (nSPS) is 15.6. The summed E-state index contributed by atoms with van der Waals surface area (Å²) in [6.07, 6.45) is 13.9. The lowest BCUT2D eigenvalue weighted by Gasteiger charge is -2.32. The van der Waals surface area contributed by atoms with Crippen LogP contribution in [0.3, 0.4) is 0 Å². The smallest absolute Gasteiger partial charge is 0.134 e. The van der Waals surface area contributed by atoms with Crippen LogP contribution < -0.4 is 0 Å². The molecule has 216 valence electrons. The SMILES string of the molecule is CN1CCN(CCn2ccc(Cc3ncc4c(n3)-c3c(cn(C)c3Cc3cccc(-c5cnn(C)c5)c3)CC4)n2)CC1. The van der Waals surface area contributed by atoms with E-state index in [0.717, 1.165) is 81.3 Å². The summed E-state index contributed by atoms with van der Waals surface area (Å²) < 4.78 is 6.21. The van der Waals surface area contributed by atoms with Crippen LogP contribution in [0.1, 0.15) is 33.9 Å². The first-order valence-electron chi connectivity index (χ1n) is 15.0. The van der Waals surface area contributed by atoms with E-state index >= 15 is 0 Å². The highest BCUT2D eigenvalue weighted by molar-refractivity contribution is 5.73. The predicted octanol–water partition coefficient (Wildman–Crippen LogP) is 3.61. The van der Waals surface area contributed by atoms with Crippen molar-refractivity contribution in [2.24, 2.45) is 14.1 Å². The Morgan fingerprint density at radius 1 is 0.833 bits per heavy atom. The monoisotopic (exact) mass is 561 g/mol. The van der Waals surface area contributed by atoms with E-state index in [9.17, 15) is 0 Å². The zero-order valence-electron chi connectivity index (χ0n) is 24.9. The van der Waals surface area contributed by atoms with Gasteiger partial charge in [-0.1, -0.05) is 24.3 Å². The summed E-state index contributed by atoms with van der Waals surface area (Å²) in [5.41, 5.74) is 10.9. The van der Waals surface area contributed by atoms with Gasteiger partial charge in [0, 0.05) is 94.8 Å². The van der Waals surface area contributed by atoms with Crippen molar-refractivity contribution in [1.82, 2.24) is 43.9 Å². The lowest BCUT2D eigenvalue weighted by atomic mass is 9.90. The summed E-state index contributed by atoms with van der Waals surface area (Å²) in [7, 11) is 6.32. The van der Waals surface area contributed by atoms with Crippen LogP contribution in [0.25, 0.3) is 22.4 Å². The first-order chi connectivity index (χ1) is 20.5. The first-order valence-corrected chi connectivity index (χ1v) is 15.0. The molecule has 5 aromatic rings. The zero-order chi connectivity index (χ0) is 28.6. The fourth-order valence-electron chi connectivity index (χ4n) is 6.35. The van der Waals surface area contributed by atoms with E-state index in [1.165, 1.54) is 33.5 Å². The second-order valence-corrected chi connectivity index (χ2v) is 11.9. The maximum atomic E-state index is 5.17. The van der Waals surface area contributed by atoms with Crippen LogP contribution in [0, 0.1) is 0 Å². The molecular weight excluding hydrogens is 522 g/mol. The van der Waals surface area contributed by atoms with Gasteiger partial charge in [0.05, 0.1) is 30.6 Å². The number of likely N-dealkylation sites (N-methyl/N-ethyl adjacent to an activating group) is 1. The molecule has 0 atom stereocenters. The number of rotatable bonds is 8. The molecule has 1 aliphatic heterocycles. The lowest BCUT2D eigenvalue weighted by molar-refractivity contribution is 0.148. The number of aryl methyl sites for hydroxylation is 4. The van der Waals surface area contributed by atoms with E-state index in [1.54, 1.807) is 0 Å². The number of hydrogen-bond acceptors (Lipinski definition) is 6. The Balaban J connectivity index is 1.10. The number of piperazine rings is 1. The molecule has 7 rings (SSSR count). The van der Waals surface area contributed by atoms with E-state index in [0.29, 0.717) is 6.42 Å². The van der Waals surface area contributed by atoms with Crippen molar-refractivity contribution in [3.05, 3.63) is 95.2 Å². The number of benzene rings is 1. The van der Waals surface area contributed by atoms with Crippen molar-refractivity contribution in [3.63, 3.8) is 0 Å². The summed E-state index contributed by atoms with van der Waals surface area (Å²) >= 11 is 0. The Bertz CT molecular complexity index is 1700. The molecule has 4 aromatic heterocycles. The molecule has 0 saturated carbocycles. The van der Waals surface area contributed by atoms with Gasteiger partial charge >= 0.3 is 0 Å². The standard InChI is InChI=1S/C33H39N9/c1-38-11-13-41(14-12-38)15-16-42-10-9-29(37-42)19-31-34-20-26-7-8-27-22-39(2)30(32(27)33(26)36-31)18-24-5-4-6-25(17-24)28-21-35-40(3)23-28/h4-6,9-10,17,20-23H,7-8,11-16,18-19H2,1-3H3. The highest BCUT2D eigenvalue weighted by Crippen LogP contribution is 2.37. The molecule has 42 heavy (non-hydrogen) atoms. The third-order valence-electron chi connectivity index (χ3n) is 8.81. The maximum Gasteiger partial charge on any atom is 0.134 e. The molecule has 2 aliphatic rings. The minimum absolute atomic E-state index is 0.638. The first kappa shape index (κ1) is 26.8. The van der Waals surface area contributed by atoms with Crippen molar-refractivity contribution >= 4 is 0 Å². The van der Waals surface area contributed by atoms with E-state index in [4.69, 9.17) is 15.1 Å². The van der Waals surface area contributed by atoms with Crippen molar-refractivity contribution in [2.75, 3.05) is 39.8 Å². The van der Waals surface area contributed by atoms with E-state index in [1.807, 2.05) is 24.1 Å². The Kier molecular flexibility index (Phi) is 7.21. The minimum atomic E-state index is 0.638. The van der Waals surface area contributed by atoms with Gasteiger partial charge < -0.3 is 9.47 Å². The predicted molar refractivity (Wildman–Crippen MR) is 164 cm³/mol. The molecule has 0 amide bonds. The van der Waals surface area contributed by atoms with Gasteiger partial charge in [0.2, 0.25) is 0 Å². The Hall–Kier alpha value is -4.08. The van der Waals surface area contributed by atoms with Crippen LogP contribution in [0.5, 0.6) is 0 Å². The molecule has 5 heterocycles. The van der Waals surface area contributed by atoms with Gasteiger partial charge in [-0.25, -0.2) is 9.97 Å². The molecule has 1 aromatic carbocycles. The Labute approximate surface area is 247 Å². The fourth-order valence-corrected chi connectivity index (χ4v) is 6.35. The summed E-state index contributed by atoms with van der Waals surface area (Å²) in [6, 6.07) is 10.9. The van der Waals surface area contributed by atoms with Crippen LogP contribution in [-0.2, 0) is 46.3 Å². The number of nitrogens with zero attached hydrogens (tertiary/aromatic N) is 9. The molecule has 0 unspecified atom stereocenters. The number of fused-ring (bicyclic) bond motifs is 3. The van der Waals surface area contributed by atoms with Gasteiger partial charge in [0.15, 0.2) is 0 Å². The van der Waals surface area contributed by atoms with E-state index < -0.39 is 0 Å². The molecule has 1 aliphatic carbocycles. The summed E-state index contributed by atoms with van der Waals surface area (Å²) in [5.74, 6) is 0.833. The quantitative estimate of drug-likeness (QED) is 0.288. The second kappa shape index (κ2) is 11.3. The van der Waals surface area contributed by atoms with Gasteiger partial charge in [-0.05, 0) is 48.2 Å². The molecule has 0 spiro atoms. The van der Waals surface area contributed by atoms with Crippen LogP contribution >= 0.6 is 0 Å². The van der Waals surface area contributed by atoms with Crippen LogP contribution in [-0.4, -0.2) is 83.7 Å². The number of aromatic nitrogens is 7. The van der Waals surface area contributed by atoms with Gasteiger partial charge in [0.25, 0.3) is 0 Å². The van der Waals surface area contributed by atoms with Crippen LogP contribution in [0.15, 0.2) is 61.3 Å². The van der Waals surface area contributed by atoms with Crippen molar-refractivity contribution in [2.45, 2.75) is 32.2 Å². The van der Waals surface area contributed by atoms with Gasteiger partial charge in [-0.3, -0.25) is 14.3 Å². The third-order valence-corrected chi connectivity index (χ3v) is 8.81. The van der Waals surface area contributed by atoms with Crippen molar-refractivity contribution in [3.8, 4) is 22.4 Å². The molecular formula is C33H39N9. The van der Waals surface area contributed by atoms with Crippen LogP contribution in [0.2, 0.25) is 0 Å². The molecule has 0 N–H and O–H groups in total. The summed E-state index contributed by atoms with van der Waals surface area (Å²) in [5, 5.41) is 9.22. The van der Waals surface area contributed by atoms with E-state index in [-0.39, 0.29) is 0 Å². The highest BCUT2D eigenvalue weighted by atomic mass is 15.3. The Morgan fingerprint density at radius 3 is 2.52 bits per heavy atom. The average molecular weight is 562 g/mol. The van der Waals surface area contributed by atoms with Crippen molar-refractivity contribution in [1.29, 1.82) is 0 Å². The van der Waals surface area contributed by atoms with Gasteiger partial charge in [-0.2, -0.15) is 10.2 Å². The molecule has 1 saturated heterocycles. The fraction of sp³-hybridized carbons (Fsp3) is 0.394. The van der Waals surface area contributed by atoms with Crippen LogP contribution in [0.4, 0.5) is 0 Å². The van der Waals surface area contributed by atoms with Crippen molar-refractivity contribution < 1.29 is 0 Å². The minimum Gasteiger partial charge on any atom is -0.353 e. The molecule has 1 fully saturated rings. The molecule has 9 nitrogen and oxygen atoms in total. The zero-order valence-corrected chi connectivity index (χ0v) is 24.9. The number of hydrogen-bond donors (Lipinski definition) is 0. The average Bonchev–Trinajstić information content (AvgIpc) is 3.72. The topological polar surface area (TPSA) is 72.8 Å². The van der Waals surface area contributed by atoms with E-state index in [2.05, 4.69) is 87.2 Å². The lowest BCUT2D eigenvalue weighted by Crippen LogP contribution is -2.45.